The van der Waals surface area contributed by atoms with Gasteiger partial charge in [-0.05, 0) is 50.4 Å². The molecule has 0 atom stereocenters. The Morgan fingerprint density at radius 3 is 2.39 bits per heavy atom. The Balaban J connectivity index is 1.87. The van der Waals surface area contributed by atoms with Crippen molar-refractivity contribution in [2.75, 3.05) is 7.05 Å². The Morgan fingerprint density at radius 2 is 1.83 bits per heavy atom. The molecule has 1 aliphatic rings. The third kappa shape index (κ3) is 3.57. The molecule has 2 nitrogen and oxygen atoms in total. The molecule has 0 aliphatic heterocycles. The van der Waals surface area contributed by atoms with E-state index in [-0.39, 0.29) is 0 Å². The summed E-state index contributed by atoms with van der Waals surface area (Å²) in [4.78, 5) is 2.43. The molecule has 96 valence electrons. The van der Waals surface area contributed by atoms with Gasteiger partial charge in [-0.15, -0.1) is 0 Å². The van der Waals surface area contributed by atoms with Crippen LogP contribution >= 0.6 is 15.9 Å². The molecule has 0 heterocycles. The third-order valence-electron chi connectivity index (χ3n) is 3.85. The minimum atomic E-state index is 0.294. The lowest BCUT2D eigenvalue weighted by atomic mass is 9.86. The van der Waals surface area contributed by atoms with Gasteiger partial charge in [0.1, 0.15) is 0 Å². The average Bonchev–Trinajstić information content (AvgIpc) is 2.41. The van der Waals surface area contributed by atoms with Crippen LogP contribution in [0.5, 0.6) is 0 Å². The molecule has 0 amide bonds. The van der Waals surface area contributed by atoms with Crippen molar-refractivity contribution in [2.45, 2.75) is 38.3 Å². The number of nitriles is 1. The molecule has 0 N–H and O–H groups in total. The van der Waals surface area contributed by atoms with E-state index in [1.165, 1.54) is 5.56 Å². The standard InChI is InChI=1S/C15H19BrN2/c1-18(11-13-2-6-14(16)7-3-13)15-8-4-12(10-17)5-9-15/h2-3,6-7,12,15H,4-5,8-9,11H2,1H3. The predicted molar refractivity (Wildman–Crippen MR) is 77.0 cm³/mol. The SMILES string of the molecule is CN(Cc1ccc(Br)cc1)C1CCC(C#N)CC1. The van der Waals surface area contributed by atoms with Crippen LogP contribution in [0, 0.1) is 17.2 Å². The van der Waals surface area contributed by atoms with Crippen LogP contribution in [0.1, 0.15) is 31.2 Å². The lowest BCUT2D eigenvalue weighted by Crippen LogP contribution is -2.34. The van der Waals surface area contributed by atoms with Gasteiger partial charge in [0.05, 0.1) is 6.07 Å². The molecule has 2 rings (SSSR count). The molecule has 0 radical (unpaired) electrons. The van der Waals surface area contributed by atoms with Gasteiger partial charge < -0.3 is 0 Å². The van der Waals surface area contributed by atoms with Crippen LogP contribution in [0.4, 0.5) is 0 Å². The van der Waals surface area contributed by atoms with Crippen LogP contribution in [-0.2, 0) is 6.54 Å². The second-order valence-electron chi connectivity index (χ2n) is 5.18. The summed E-state index contributed by atoms with van der Waals surface area (Å²) in [5.74, 6) is 0.294. The molecular weight excluding hydrogens is 288 g/mol. The maximum atomic E-state index is 8.91. The molecule has 1 aliphatic carbocycles. The summed E-state index contributed by atoms with van der Waals surface area (Å²) in [5, 5.41) is 8.91. The van der Waals surface area contributed by atoms with E-state index in [2.05, 4.69) is 58.2 Å². The second-order valence-corrected chi connectivity index (χ2v) is 6.09. The van der Waals surface area contributed by atoms with E-state index in [1.807, 2.05) is 0 Å². The van der Waals surface area contributed by atoms with Gasteiger partial charge in [0.25, 0.3) is 0 Å². The van der Waals surface area contributed by atoms with Crippen molar-refractivity contribution in [3.8, 4) is 6.07 Å². The van der Waals surface area contributed by atoms with E-state index in [4.69, 9.17) is 5.26 Å². The lowest BCUT2D eigenvalue weighted by Gasteiger charge is -2.32. The Kier molecular flexibility index (Phi) is 4.79. The summed E-state index contributed by atoms with van der Waals surface area (Å²) in [6.45, 7) is 0.995. The predicted octanol–water partition coefficient (Wildman–Crippen LogP) is 3.96. The van der Waals surface area contributed by atoms with Crippen LogP contribution in [0.2, 0.25) is 0 Å². The van der Waals surface area contributed by atoms with Crippen LogP contribution in [-0.4, -0.2) is 18.0 Å². The number of nitrogens with zero attached hydrogens (tertiary/aromatic N) is 2. The van der Waals surface area contributed by atoms with Crippen molar-refractivity contribution >= 4 is 15.9 Å². The lowest BCUT2D eigenvalue weighted by molar-refractivity contribution is 0.171. The van der Waals surface area contributed by atoms with E-state index in [1.54, 1.807) is 0 Å². The fraction of sp³-hybridized carbons (Fsp3) is 0.533. The summed E-state index contributed by atoms with van der Waals surface area (Å²) in [5.41, 5.74) is 1.35. The highest BCUT2D eigenvalue weighted by molar-refractivity contribution is 9.10. The zero-order chi connectivity index (χ0) is 13.0. The fourth-order valence-corrected chi connectivity index (χ4v) is 2.92. The summed E-state index contributed by atoms with van der Waals surface area (Å²) in [6.07, 6.45) is 4.44. The van der Waals surface area contributed by atoms with Crippen molar-refractivity contribution < 1.29 is 0 Å². The number of hydrogen-bond donors (Lipinski definition) is 0. The normalized spacial score (nSPS) is 23.9. The van der Waals surface area contributed by atoms with Crippen molar-refractivity contribution in [1.82, 2.24) is 4.90 Å². The van der Waals surface area contributed by atoms with Gasteiger partial charge >= 0.3 is 0 Å². The molecule has 0 bridgehead atoms. The first-order valence-corrected chi connectivity index (χ1v) is 7.32. The van der Waals surface area contributed by atoms with E-state index < -0.39 is 0 Å². The highest BCUT2D eigenvalue weighted by Gasteiger charge is 2.23. The summed E-state index contributed by atoms with van der Waals surface area (Å²) < 4.78 is 1.13. The van der Waals surface area contributed by atoms with E-state index in [9.17, 15) is 0 Å². The molecule has 1 saturated carbocycles. The molecule has 1 aromatic rings. The molecular formula is C15H19BrN2. The Labute approximate surface area is 118 Å². The van der Waals surface area contributed by atoms with Gasteiger partial charge in [-0.1, -0.05) is 28.1 Å². The average molecular weight is 307 g/mol. The maximum Gasteiger partial charge on any atom is 0.0655 e. The van der Waals surface area contributed by atoms with Crippen LogP contribution in [0.15, 0.2) is 28.7 Å². The van der Waals surface area contributed by atoms with Crippen molar-refractivity contribution in [1.29, 1.82) is 5.26 Å². The zero-order valence-corrected chi connectivity index (χ0v) is 12.4. The van der Waals surface area contributed by atoms with Crippen LogP contribution in [0.25, 0.3) is 0 Å². The highest BCUT2D eigenvalue weighted by Crippen LogP contribution is 2.27. The first-order valence-electron chi connectivity index (χ1n) is 6.53. The fourth-order valence-electron chi connectivity index (χ4n) is 2.65. The quantitative estimate of drug-likeness (QED) is 0.845. The molecule has 0 saturated heterocycles. The third-order valence-corrected chi connectivity index (χ3v) is 4.38. The van der Waals surface area contributed by atoms with Gasteiger partial charge in [-0.25, -0.2) is 0 Å². The molecule has 1 aromatic carbocycles. The number of hydrogen-bond acceptors (Lipinski definition) is 2. The smallest absolute Gasteiger partial charge is 0.0655 e. The summed E-state index contributed by atoms with van der Waals surface area (Å²) in [6, 6.07) is 11.6. The Hall–Kier alpha value is -0.850. The zero-order valence-electron chi connectivity index (χ0n) is 10.8. The van der Waals surface area contributed by atoms with E-state index in [0.717, 1.165) is 36.7 Å². The van der Waals surface area contributed by atoms with Gasteiger partial charge in [0.2, 0.25) is 0 Å². The highest BCUT2D eigenvalue weighted by atomic mass is 79.9. The molecule has 3 heteroatoms. The largest absolute Gasteiger partial charge is 0.299 e. The van der Waals surface area contributed by atoms with Gasteiger partial charge in [0.15, 0.2) is 0 Å². The van der Waals surface area contributed by atoms with Gasteiger partial charge in [0, 0.05) is 23.0 Å². The number of benzene rings is 1. The van der Waals surface area contributed by atoms with Crippen LogP contribution in [0.3, 0.4) is 0 Å². The molecule has 1 fully saturated rings. The molecule has 0 aromatic heterocycles. The van der Waals surface area contributed by atoms with Gasteiger partial charge in [-0.2, -0.15) is 5.26 Å². The van der Waals surface area contributed by atoms with E-state index in [0.29, 0.717) is 12.0 Å². The van der Waals surface area contributed by atoms with Gasteiger partial charge in [-0.3, -0.25) is 4.90 Å². The monoisotopic (exact) mass is 306 g/mol. The molecule has 0 unspecified atom stereocenters. The number of halogens is 1. The first-order chi connectivity index (χ1) is 8.69. The number of rotatable bonds is 3. The maximum absolute atomic E-state index is 8.91. The minimum absolute atomic E-state index is 0.294. The van der Waals surface area contributed by atoms with E-state index >= 15 is 0 Å². The molecule has 0 spiro atoms. The molecule has 18 heavy (non-hydrogen) atoms. The van der Waals surface area contributed by atoms with Crippen molar-refractivity contribution in [3.05, 3.63) is 34.3 Å². The summed E-state index contributed by atoms with van der Waals surface area (Å²) >= 11 is 3.46. The van der Waals surface area contributed by atoms with Crippen molar-refractivity contribution in [2.24, 2.45) is 5.92 Å². The first kappa shape index (κ1) is 13.6. The Morgan fingerprint density at radius 1 is 1.22 bits per heavy atom. The second kappa shape index (κ2) is 6.36. The van der Waals surface area contributed by atoms with Crippen molar-refractivity contribution in [3.63, 3.8) is 0 Å². The Bertz CT molecular complexity index is 413. The minimum Gasteiger partial charge on any atom is -0.299 e. The topological polar surface area (TPSA) is 27.0 Å². The van der Waals surface area contributed by atoms with Crippen LogP contribution < -0.4 is 0 Å². The summed E-state index contributed by atoms with van der Waals surface area (Å²) in [7, 11) is 2.19.